The Balaban J connectivity index is 2.06. The molecule has 1 aliphatic carbocycles. The number of anilines is 1. The standard InChI is InChI=1S/C15H18N2O2/c1-9-4-2-7-13(12(9)8-16)17-14(18)10-5-3-6-11(10)15(17)19/h2,4,7,10-11H,3,5-6,8,16H2,1H3. The molecule has 19 heavy (non-hydrogen) atoms. The summed E-state index contributed by atoms with van der Waals surface area (Å²) in [5.74, 6) is -0.266. The third kappa shape index (κ3) is 1.70. The lowest BCUT2D eigenvalue weighted by Crippen LogP contribution is -2.33. The number of nitrogens with two attached hydrogens (primary N) is 1. The molecule has 0 spiro atoms. The minimum atomic E-state index is -0.0985. The molecule has 2 amide bonds. The first-order chi connectivity index (χ1) is 9.15. The van der Waals surface area contributed by atoms with Gasteiger partial charge in [0.2, 0.25) is 11.8 Å². The molecule has 1 aromatic carbocycles. The number of nitrogens with zero attached hydrogens (tertiary/aromatic N) is 1. The largest absolute Gasteiger partial charge is 0.326 e. The summed E-state index contributed by atoms with van der Waals surface area (Å²) in [5, 5.41) is 0. The van der Waals surface area contributed by atoms with Gasteiger partial charge in [-0.2, -0.15) is 0 Å². The van der Waals surface area contributed by atoms with E-state index < -0.39 is 0 Å². The Morgan fingerprint density at radius 3 is 2.42 bits per heavy atom. The number of rotatable bonds is 2. The highest BCUT2D eigenvalue weighted by atomic mass is 16.2. The summed E-state index contributed by atoms with van der Waals surface area (Å²) in [4.78, 5) is 26.3. The maximum atomic E-state index is 12.4. The smallest absolute Gasteiger partial charge is 0.237 e. The van der Waals surface area contributed by atoms with Gasteiger partial charge in [0.15, 0.2) is 0 Å². The monoisotopic (exact) mass is 258 g/mol. The van der Waals surface area contributed by atoms with Crippen molar-refractivity contribution in [2.24, 2.45) is 17.6 Å². The van der Waals surface area contributed by atoms with Crippen LogP contribution in [0.4, 0.5) is 5.69 Å². The van der Waals surface area contributed by atoms with Gasteiger partial charge in [-0.1, -0.05) is 18.6 Å². The molecular formula is C15H18N2O2. The zero-order chi connectivity index (χ0) is 13.6. The fourth-order valence-corrected chi connectivity index (χ4v) is 3.39. The molecule has 2 aliphatic rings. The Morgan fingerprint density at radius 2 is 1.84 bits per heavy atom. The molecule has 2 fully saturated rings. The number of hydrogen-bond donors (Lipinski definition) is 1. The van der Waals surface area contributed by atoms with Crippen molar-refractivity contribution in [3.8, 4) is 0 Å². The van der Waals surface area contributed by atoms with Gasteiger partial charge in [-0.25, -0.2) is 4.90 Å². The number of carbonyl (C=O) groups is 2. The van der Waals surface area contributed by atoms with Crippen LogP contribution in [0.15, 0.2) is 18.2 Å². The van der Waals surface area contributed by atoms with Crippen LogP contribution in [0.25, 0.3) is 0 Å². The maximum Gasteiger partial charge on any atom is 0.237 e. The van der Waals surface area contributed by atoms with E-state index in [1.165, 1.54) is 4.90 Å². The molecule has 1 aromatic rings. The normalized spacial score (nSPS) is 26.1. The number of amides is 2. The van der Waals surface area contributed by atoms with Crippen LogP contribution in [0.5, 0.6) is 0 Å². The van der Waals surface area contributed by atoms with E-state index in [9.17, 15) is 9.59 Å². The molecule has 0 bridgehead atoms. The fraction of sp³-hybridized carbons (Fsp3) is 0.467. The van der Waals surface area contributed by atoms with Crippen LogP contribution in [0.2, 0.25) is 0 Å². The van der Waals surface area contributed by atoms with E-state index in [0.717, 1.165) is 30.4 Å². The first-order valence-corrected chi connectivity index (χ1v) is 6.81. The summed E-state index contributed by atoms with van der Waals surface area (Å²) in [5.41, 5.74) is 8.38. The van der Waals surface area contributed by atoms with Crippen LogP contribution in [0.1, 0.15) is 30.4 Å². The first kappa shape index (κ1) is 12.4. The third-order valence-electron chi connectivity index (χ3n) is 4.42. The highest BCUT2D eigenvalue weighted by Gasteiger charge is 2.50. The quantitative estimate of drug-likeness (QED) is 0.822. The number of imide groups is 1. The summed E-state index contributed by atoms with van der Waals surface area (Å²) < 4.78 is 0. The number of hydrogen-bond acceptors (Lipinski definition) is 3. The number of aryl methyl sites for hydroxylation is 1. The average Bonchev–Trinajstić information content (AvgIpc) is 2.95. The lowest BCUT2D eigenvalue weighted by atomic mass is 10.00. The van der Waals surface area contributed by atoms with Crippen molar-refractivity contribution in [2.75, 3.05) is 4.90 Å². The number of carbonyl (C=O) groups excluding carboxylic acids is 2. The minimum Gasteiger partial charge on any atom is -0.326 e. The summed E-state index contributed by atoms with van der Waals surface area (Å²) in [6, 6.07) is 5.65. The number of benzene rings is 1. The molecule has 3 rings (SSSR count). The highest BCUT2D eigenvalue weighted by molar-refractivity contribution is 6.22. The second-order valence-electron chi connectivity index (χ2n) is 5.43. The molecule has 4 heteroatoms. The predicted octanol–water partition coefficient (Wildman–Crippen LogP) is 1.74. The van der Waals surface area contributed by atoms with E-state index in [2.05, 4.69) is 0 Å². The van der Waals surface area contributed by atoms with Gasteiger partial charge >= 0.3 is 0 Å². The molecule has 1 saturated heterocycles. The van der Waals surface area contributed by atoms with E-state index in [4.69, 9.17) is 5.73 Å². The van der Waals surface area contributed by atoms with Crippen molar-refractivity contribution in [3.63, 3.8) is 0 Å². The Hall–Kier alpha value is -1.68. The summed E-state index contributed by atoms with van der Waals surface area (Å²) in [6.07, 6.45) is 2.67. The Labute approximate surface area is 112 Å². The van der Waals surface area contributed by atoms with Gasteiger partial charge in [0.05, 0.1) is 17.5 Å². The van der Waals surface area contributed by atoms with Gasteiger partial charge in [-0.05, 0) is 37.0 Å². The third-order valence-corrected chi connectivity index (χ3v) is 4.42. The van der Waals surface area contributed by atoms with Crippen molar-refractivity contribution in [1.29, 1.82) is 0 Å². The second-order valence-corrected chi connectivity index (χ2v) is 5.43. The Morgan fingerprint density at radius 1 is 1.21 bits per heavy atom. The van der Waals surface area contributed by atoms with E-state index in [1.54, 1.807) is 0 Å². The molecular weight excluding hydrogens is 240 g/mol. The maximum absolute atomic E-state index is 12.4. The van der Waals surface area contributed by atoms with Crippen molar-refractivity contribution in [3.05, 3.63) is 29.3 Å². The van der Waals surface area contributed by atoms with Crippen LogP contribution >= 0.6 is 0 Å². The van der Waals surface area contributed by atoms with Crippen LogP contribution in [-0.2, 0) is 16.1 Å². The van der Waals surface area contributed by atoms with E-state index in [-0.39, 0.29) is 23.7 Å². The lowest BCUT2D eigenvalue weighted by Gasteiger charge is -2.20. The van der Waals surface area contributed by atoms with Gasteiger partial charge in [0.25, 0.3) is 0 Å². The molecule has 1 heterocycles. The topological polar surface area (TPSA) is 63.4 Å². The molecule has 1 saturated carbocycles. The van der Waals surface area contributed by atoms with Gasteiger partial charge < -0.3 is 5.73 Å². The summed E-state index contributed by atoms with van der Waals surface area (Å²) in [7, 11) is 0. The summed E-state index contributed by atoms with van der Waals surface area (Å²) >= 11 is 0. The van der Waals surface area contributed by atoms with Crippen molar-refractivity contribution in [2.45, 2.75) is 32.7 Å². The zero-order valence-electron chi connectivity index (χ0n) is 11.1. The van der Waals surface area contributed by atoms with Gasteiger partial charge in [-0.3, -0.25) is 9.59 Å². The minimum absolute atomic E-state index is 0.0344. The zero-order valence-corrected chi connectivity index (χ0v) is 11.1. The number of fused-ring (bicyclic) bond motifs is 1. The molecule has 1 aliphatic heterocycles. The molecule has 0 aromatic heterocycles. The molecule has 100 valence electrons. The SMILES string of the molecule is Cc1cccc(N2C(=O)C3CCCC3C2=O)c1CN. The van der Waals surface area contributed by atoms with Crippen molar-refractivity contribution < 1.29 is 9.59 Å². The van der Waals surface area contributed by atoms with E-state index in [1.807, 2.05) is 25.1 Å². The fourth-order valence-electron chi connectivity index (χ4n) is 3.39. The average molecular weight is 258 g/mol. The second kappa shape index (κ2) is 4.46. The van der Waals surface area contributed by atoms with Gasteiger partial charge in [-0.15, -0.1) is 0 Å². The van der Waals surface area contributed by atoms with E-state index >= 15 is 0 Å². The van der Waals surface area contributed by atoms with Crippen molar-refractivity contribution in [1.82, 2.24) is 0 Å². The van der Waals surface area contributed by atoms with Crippen LogP contribution in [0.3, 0.4) is 0 Å². The summed E-state index contributed by atoms with van der Waals surface area (Å²) in [6.45, 7) is 2.30. The van der Waals surface area contributed by atoms with Crippen LogP contribution in [0, 0.1) is 18.8 Å². The molecule has 4 nitrogen and oxygen atoms in total. The van der Waals surface area contributed by atoms with Gasteiger partial charge in [0, 0.05) is 6.54 Å². The van der Waals surface area contributed by atoms with Crippen LogP contribution in [-0.4, -0.2) is 11.8 Å². The molecule has 2 atom stereocenters. The Bertz CT molecular complexity index is 531. The van der Waals surface area contributed by atoms with Crippen LogP contribution < -0.4 is 10.6 Å². The van der Waals surface area contributed by atoms with E-state index in [0.29, 0.717) is 12.2 Å². The Kier molecular flexibility index (Phi) is 2.90. The van der Waals surface area contributed by atoms with Crippen molar-refractivity contribution >= 4 is 17.5 Å². The molecule has 2 N–H and O–H groups in total. The van der Waals surface area contributed by atoms with Gasteiger partial charge in [0.1, 0.15) is 0 Å². The predicted molar refractivity (Wildman–Crippen MR) is 72.4 cm³/mol. The highest BCUT2D eigenvalue weighted by Crippen LogP contribution is 2.42. The lowest BCUT2D eigenvalue weighted by molar-refractivity contribution is -0.122. The molecule has 2 unspecified atom stereocenters. The molecule has 0 radical (unpaired) electrons. The first-order valence-electron chi connectivity index (χ1n) is 6.81.